The zero-order valence-corrected chi connectivity index (χ0v) is 16.6. The van der Waals surface area contributed by atoms with Crippen LogP contribution in [0.1, 0.15) is 54.1 Å². The Kier molecular flexibility index (Phi) is 3.69. The van der Waals surface area contributed by atoms with Gasteiger partial charge in [-0.15, -0.1) is 0 Å². The molecule has 3 aliphatic rings. The van der Waals surface area contributed by atoms with Crippen LogP contribution in [0.15, 0.2) is 65.4 Å². The Bertz CT molecular complexity index is 1110. The molecule has 2 aliphatic carbocycles. The topological polar surface area (TPSA) is 46.2 Å². The molecule has 5 rings (SSSR count). The minimum atomic E-state index is -0.355. The predicted octanol–water partition coefficient (Wildman–Crippen LogP) is 5.28. The van der Waals surface area contributed by atoms with E-state index in [-0.39, 0.29) is 22.9 Å². The zero-order chi connectivity index (χ0) is 19.6. The van der Waals surface area contributed by atoms with E-state index >= 15 is 0 Å². The van der Waals surface area contributed by atoms with Gasteiger partial charge < -0.3 is 5.32 Å². The highest BCUT2D eigenvalue weighted by molar-refractivity contribution is 6.30. The Morgan fingerprint density at radius 3 is 2.32 bits per heavy atom. The van der Waals surface area contributed by atoms with E-state index in [0.29, 0.717) is 22.6 Å². The van der Waals surface area contributed by atoms with Gasteiger partial charge in [-0.2, -0.15) is 0 Å². The van der Waals surface area contributed by atoms with Gasteiger partial charge in [0.15, 0.2) is 11.6 Å². The molecule has 0 bridgehead atoms. The van der Waals surface area contributed by atoms with Gasteiger partial charge in [0.25, 0.3) is 0 Å². The Labute approximate surface area is 169 Å². The molecule has 1 aliphatic heterocycles. The standard InChI is InChI=1S/C24H20ClNO2/c1-24(2)11-17-20(18(27)12-24)19(13-7-9-14(25)10-8-13)21-22(26-17)15-5-3-4-6-16(15)23(21)28/h3-10,19,26H,11-12H2,1-2H3/t19-/m1/s1. The largest absolute Gasteiger partial charge is 0.358 e. The highest BCUT2D eigenvalue weighted by Crippen LogP contribution is 2.51. The first-order valence-corrected chi connectivity index (χ1v) is 9.90. The van der Waals surface area contributed by atoms with Crippen LogP contribution < -0.4 is 5.32 Å². The fraction of sp³-hybridized carbons (Fsp3) is 0.250. The molecule has 1 heterocycles. The van der Waals surface area contributed by atoms with Crippen LogP contribution >= 0.6 is 11.6 Å². The van der Waals surface area contributed by atoms with Crippen molar-refractivity contribution >= 4 is 28.9 Å². The molecule has 0 radical (unpaired) electrons. The molecule has 2 aromatic rings. The molecule has 0 amide bonds. The second-order valence-electron chi connectivity index (χ2n) is 8.61. The van der Waals surface area contributed by atoms with E-state index in [1.54, 1.807) is 0 Å². The summed E-state index contributed by atoms with van der Waals surface area (Å²) in [6.07, 6.45) is 1.27. The van der Waals surface area contributed by atoms with Crippen LogP contribution in [0, 0.1) is 5.41 Å². The van der Waals surface area contributed by atoms with Gasteiger partial charge in [0.1, 0.15) is 0 Å². The van der Waals surface area contributed by atoms with Gasteiger partial charge in [0.2, 0.25) is 0 Å². The molecule has 0 saturated carbocycles. The highest BCUT2D eigenvalue weighted by atomic mass is 35.5. The number of hydrogen-bond acceptors (Lipinski definition) is 3. The van der Waals surface area contributed by atoms with Crippen molar-refractivity contribution in [3.8, 4) is 0 Å². The lowest BCUT2D eigenvalue weighted by molar-refractivity contribution is -0.118. The Morgan fingerprint density at radius 2 is 1.61 bits per heavy atom. The molecule has 0 unspecified atom stereocenters. The summed E-state index contributed by atoms with van der Waals surface area (Å²) in [5.74, 6) is -0.233. The van der Waals surface area contributed by atoms with Crippen LogP contribution in [0.2, 0.25) is 5.02 Å². The second kappa shape index (κ2) is 5.92. The summed E-state index contributed by atoms with van der Waals surface area (Å²) in [6, 6.07) is 15.2. The van der Waals surface area contributed by atoms with Crippen molar-refractivity contribution in [1.29, 1.82) is 0 Å². The number of hydrogen-bond donors (Lipinski definition) is 1. The van der Waals surface area contributed by atoms with E-state index in [9.17, 15) is 9.59 Å². The lowest BCUT2D eigenvalue weighted by Crippen LogP contribution is -2.37. The van der Waals surface area contributed by atoms with Crippen LogP contribution in [-0.4, -0.2) is 11.6 Å². The number of allylic oxidation sites excluding steroid dienone is 3. The molecule has 3 nitrogen and oxygen atoms in total. The van der Waals surface area contributed by atoms with Crippen molar-refractivity contribution in [3.05, 3.63) is 87.1 Å². The number of rotatable bonds is 1. The number of dihydropyridines is 1. The van der Waals surface area contributed by atoms with Crippen molar-refractivity contribution in [2.75, 3.05) is 0 Å². The van der Waals surface area contributed by atoms with Crippen molar-refractivity contribution < 1.29 is 9.59 Å². The lowest BCUT2D eigenvalue weighted by Gasteiger charge is -2.39. The van der Waals surface area contributed by atoms with Gasteiger partial charge in [-0.05, 0) is 29.5 Å². The van der Waals surface area contributed by atoms with E-state index in [0.717, 1.165) is 34.5 Å². The second-order valence-corrected chi connectivity index (χ2v) is 9.04. The molecule has 0 fully saturated rings. The summed E-state index contributed by atoms with van der Waals surface area (Å²) in [7, 11) is 0. The van der Waals surface area contributed by atoms with Gasteiger partial charge in [-0.25, -0.2) is 0 Å². The normalized spacial score (nSPS) is 22.6. The van der Waals surface area contributed by atoms with E-state index in [2.05, 4.69) is 19.2 Å². The molecule has 140 valence electrons. The maximum absolute atomic E-state index is 13.3. The number of Topliss-reactive ketones (excluding diaryl/α,β-unsaturated/α-hetero) is 2. The first-order chi connectivity index (χ1) is 13.4. The van der Waals surface area contributed by atoms with E-state index < -0.39 is 0 Å². The molecule has 28 heavy (non-hydrogen) atoms. The van der Waals surface area contributed by atoms with Crippen LogP contribution in [0.25, 0.3) is 5.70 Å². The molecule has 2 aromatic carbocycles. The number of carbonyl (C=O) groups is 2. The summed E-state index contributed by atoms with van der Waals surface area (Å²) in [4.78, 5) is 26.5. The number of carbonyl (C=O) groups excluding carboxylic acids is 2. The van der Waals surface area contributed by atoms with Crippen molar-refractivity contribution in [1.82, 2.24) is 5.32 Å². The summed E-state index contributed by atoms with van der Waals surface area (Å²) < 4.78 is 0. The molecule has 0 spiro atoms. The zero-order valence-electron chi connectivity index (χ0n) is 15.8. The quantitative estimate of drug-likeness (QED) is 0.721. The number of ketones is 2. The fourth-order valence-electron chi connectivity index (χ4n) is 4.78. The Balaban J connectivity index is 1.75. The minimum absolute atomic E-state index is 0.00207. The summed E-state index contributed by atoms with van der Waals surface area (Å²) in [6.45, 7) is 4.23. The third-order valence-corrected chi connectivity index (χ3v) is 6.18. The first-order valence-electron chi connectivity index (χ1n) is 9.53. The van der Waals surface area contributed by atoms with Crippen LogP contribution in [0.4, 0.5) is 0 Å². The Hall–Kier alpha value is -2.65. The summed E-state index contributed by atoms with van der Waals surface area (Å²) >= 11 is 6.10. The average molecular weight is 390 g/mol. The molecular formula is C24H20ClNO2. The van der Waals surface area contributed by atoms with Crippen molar-refractivity contribution in [2.24, 2.45) is 5.41 Å². The monoisotopic (exact) mass is 389 g/mol. The first kappa shape index (κ1) is 17.4. The van der Waals surface area contributed by atoms with E-state index in [1.807, 2.05) is 48.5 Å². The number of fused-ring (bicyclic) bond motifs is 2. The van der Waals surface area contributed by atoms with E-state index in [4.69, 9.17) is 11.6 Å². The van der Waals surface area contributed by atoms with Crippen LogP contribution in [0.3, 0.4) is 0 Å². The maximum Gasteiger partial charge on any atom is 0.192 e. The third-order valence-electron chi connectivity index (χ3n) is 5.93. The number of nitrogens with one attached hydrogen (secondary N) is 1. The van der Waals surface area contributed by atoms with Crippen molar-refractivity contribution in [3.63, 3.8) is 0 Å². The molecular weight excluding hydrogens is 370 g/mol. The molecule has 0 saturated heterocycles. The fourth-order valence-corrected chi connectivity index (χ4v) is 4.90. The lowest BCUT2D eigenvalue weighted by atomic mass is 9.68. The molecule has 1 N–H and O–H groups in total. The SMILES string of the molecule is CC1(C)CC(=O)C2=C(C1)NC1=C(C(=O)c3ccccc31)[C@@H]2c1ccc(Cl)cc1. The number of halogens is 1. The van der Waals surface area contributed by atoms with E-state index in [1.165, 1.54) is 0 Å². The molecule has 1 atom stereocenters. The summed E-state index contributed by atoms with van der Waals surface area (Å²) in [5.41, 5.74) is 5.66. The minimum Gasteiger partial charge on any atom is -0.358 e. The van der Waals surface area contributed by atoms with Crippen LogP contribution in [-0.2, 0) is 4.79 Å². The highest BCUT2D eigenvalue weighted by Gasteiger charge is 2.46. The third kappa shape index (κ3) is 2.50. The van der Waals surface area contributed by atoms with Gasteiger partial charge in [0.05, 0.1) is 5.70 Å². The molecule has 0 aromatic heterocycles. The predicted molar refractivity (Wildman–Crippen MR) is 110 cm³/mol. The Morgan fingerprint density at radius 1 is 0.929 bits per heavy atom. The maximum atomic E-state index is 13.3. The van der Waals surface area contributed by atoms with Gasteiger partial charge >= 0.3 is 0 Å². The van der Waals surface area contributed by atoms with Gasteiger partial charge in [-0.3, -0.25) is 9.59 Å². The average Bonchev–Trinajstić information content (AvgIpc) is 2.93. The number of benzene rings is 2. The van der Waals surface area contributed by atoms with Gasteiger partial charge in [0, 0.05) is 45.3 Å². The smallest absolute Gasteiger partial charge is 0.192 e. The van der Waals surface area contributed by atoms with Gasteiger partial charge in [-0.1, -0.05) is 61.8 Å². The van der Waals surface area contributed by atoms with Crippen molar-refractivity contribution in [2.45, 2.75) is 32.6 Å². The van der Waals surface area contributed by atoms with Crippen LogP contribution in [0.5, 0.6) is 0 Å². The molecule has 4 heteroatoms. The summed E-state index contributed by atoms with van der Waals surface area (Å²) in [5, 5.41) is 4.13.